The van der Waals surface area contributed by atoms with Crippen LogP contribution in [0.1, 0.15) is 45.4 Å². The zero-order valence-electron chi connectivity index (χ0n) is 8.23. The van der Waals surface area contributed by atoms with Gasteiger partial charge in [0.15, 0.2) is 0 Å². The largest absolute Gasteiger partial charge is 0.323 e. The van der Waals surface area contributed by atoms with E-state index < -0.39 is 12.0 Å². The summed E-state index contributed by atoms with van der Waals surface area (Å²) in [6.45, 7) is 1.39. The number of nitrogens with two attached hydrogens (primary N) is 1. The summed E-state index contributed by atoms with van der Waals surface area (Å²) in [6, 6.07) is -1.01. The summed E-state index contributed by atoms with van der Waals surface area (Å²) in [5.74, 6) is -2.46. The van der Waals surface area contributed by atoms with Gasteiger partial charge < -0.3 is 5.73 Å². The summed E-state index contributed by atoms with van der Waals surface area (Å²) in [5, 5.41) is 0. The molecule has 0 aromatic heterocycles. The Bertz CT molecular complexity index is 151. The van der Waals surface area contributed by atoms with Gasteiger partial charge in [-0.1, -0.05) is 32.1 Å². The van der Waals surface area contributed by atoms with Crippen molar-refractivity contribution >= 4 is 0 Å². The van der Waals surface area contributed by atoms with E-state index in [1.807, 2.05) is 0 Å². The smallest absolute Gasteiger partial charge is 0.262 e. The minimum Gasteiger partial charge on any atom is -0.323 e. The van der Waals surface area contributed by atoms with Gasteiger partial charge in [0.25, 0.3) is 5.92 Å². The molecule has 0 radical (unpaired) electrons. The van der Waals surface area contributed by atoms with E-state index in [2.05, 4.69) is 0 Å². The van der Waals surface area contributed by atoms with Crippen molar-refractivity contribution < 1.29 is 8.78 Å². The standard InChI is InChI=1S/C10H19F2N/c1-8(13)10(11,12)7-9-5-3-2-4-6-9/h8-9H,2-7,13H2,1H3. The molecule has 78 valence electrons. The van der Waals surface area contributed by atoms with Crippen LogP contribution in [-0.2, 0) is 0 Å². The van der Waals surface area contributed by atoms with Gasteiger partial charge in [0, 0.05) is 6.42 Å². The third-order valence-corrected chi connectivity index (χ3v) is 2.95. The van der Waals surface area contributed by atoms with Crippen LogP contribution in [0.25, 0.3) is 0 Å². The summed E-state index contributed by atoms with van der Waals surface area (Å²) >= 11 is 0. The second-order valence-electron chi connectivity index (χ2n) is 4.26. The van der Waals surface area contributed by atoms with E-state index in [1.54, 1.807) is 0 Å². The van der Waals surface area contributed by atoms with Crippen LogP contribution in [0.4, 0.5) is 8.78 Å². The van der Waals surface area contributed by atoms with Crippen molar-refractivity contribution in [2.45, 2.75) is 57.4 Å². The molecule has 1 saturated carbocycles. The number of hydrogen-bond donors (Lipinski definition) is 1. The number of rotatable bonds is 3. The monoisotopic (exact) mass is 191 g/mol. The Morgan fingerprint density at radius 1 is 1.31 bits per heavy atom. The highest BCUT2D eigenvalue weighted by atomic mass is 19.3. The first-order valence-corrected chi connectivity index (χ1v) is 5.16. The van der Waals surface area contributed by atoms with Gasteiger partial charge in [-0.3, -0.25) is 0 Å². The molecule has 13 heavy (non-hydrogen) atoms. The van der Waals surface area contributed by atoms with Crippen LogP contribution in [0, 0.1) is 5.92 Å². The lowest BCUT2D eigenvalue weighted by atomic mass is 9.84. The first kappa shape index (κ1) is 10.9. The molecule has 0 bridgehead atoms. The molecule has 0 amide bonds. The molecule has 0 aliphatic heterocycles. The van der Waals surface area contributed by atoms with Crippen molar-refractivity contribution in [3.8, 4) is 0 Å². The van der Waals surface area contributed by atoms with E-state index in [4.69, 9.17) is 5.73 Å². The maximum Gasteiger partial charge on any atom is 0.262 e. The van der Waals surface area contributed by atoms with E-state index >= 15 is 0 Å². The van der Waals surface area contributed by atoms with E-state index in [0.29, 0.717) is 0 Å². The fourth-order valence-electron chi connectivity index (χ4n) is 1.96. The van der Waals surface area contributed by atoms with E-state index in [1.165, 1.54) is 13.3 Å². The highest BCUT2D eigenvalue weighted by Gasteiger charge is 2.36. The molecule has 0 aromatic rings. The van der Waals surface area contributed by atoms with Crippen molar-refractivity contribution in [1.82, 2.24) is 0 Å². The summed E-state index contributed by atoms with van der Waals surface area (Å²) in [6.07, 6.45) is 5.34. The zero-order valence-corrected chi connectivity index (χ0v) is 8.23. The van der Waals surface area contributed by atoms with Gasteiger partial charge >= 0.3 is 0 Å². The number of halogens is 2. The van der Waals surface area contributed by atoms with Crippen molar-refractivity contribution in [3.05, 3.63) is 0 Å². The summed E-state index contributed by atoms with van der Waals surface area (Å²) in [7, 11) is 0. The quantitative estimate of drug-likeness (QED) is 0.729. The van der Waals surface area contributed by atoms with Gasteiger partial charge in [0.05, 0.1) is 6.04 Å². The first-order chi connectivity index (χ1) is 6.02. The van der Waals surface area contributed by atoms with Crippen molar-refractivity contribution in [2.24, 2.45) is 11.7 Å². The topological polar surface area (TPSA) is 26.0 Å². The maximum atomic E-state index is 13.2. The average molecular weight is 191 g/mol. The van der Waals surface area contributed by atoms with Gasteiger partial charge in [-0.15, -0.1) is 0 Å². The molecule has 0 heterocycles. The van der Waals surface area contributed by atoms with E-state index in [9.17, 15) is 8.78 Å². The Hall–Kier alpha value is -0.180. The molecule has 1 rings (SSSR count). The van der Waals surface area contributed by atoms with Gasteiger partial charge in [-0.25, -0.2) is 8.78 Å². The van der Waals surface area contributed by atoms with Crippen molar-refractivity contribution in [1.29, 1.82) is 0 Å². The molecule has 1 fully saturated rings. The summed E-state index contributed by atoms with van der Waals surface area (Å²) < 4.78 is 26.4. The van der Waals surface area contributed by atoms with Crippen LogP contribution in [0.5, 0.6) is 0 Å². The second-order valence-corrected chi connectivity index (χ2v) is 4.26. The lowest BCUT2D eigenvalue weighted by molar-refractivity contribution is -0.0456. The molecule has 0 saturated heterocycles. The molecule has 3 heteroatoms. The normalized spacial score (nSPS) is 23.1. The van der Waals surface area contributed by atoms with Gasteiger partial charge in [-0.2, -0.15) is 0 Å². The molecule has 1 nitrogen and oxygen atoms in total. The first-order valence-electron chi connectivity index (χ1n) is 5.16. The van der Waals surface area contributed by atoms with Crippen molar-refractivity contribution in [2.75, 3.05) is 0 Å². The Morgan fingerprint density at radius 3 is 2.31 bits per heavy atom. The van der Waals surface area contributed by atoms with Crippen LogP contribution in [0.2, 0.25) is 0 Å². The second kappa shape index (κ2) is 4.36. The van der Waals surface area contributed by atoms with Crippen LogP contribution in [0.15, 0.2) is 0 Å². The molecule has 1 aliphatic carbocycles. The Kier molecular flexibility index (Phi) is 3.65. The summed E-state index contributed by atoms with van der Waals surface area (Å²) in [4.78, 5) is 0. The zero-order chi connectivity index (χ0) is 9.90. The highest BCUT2D eigenvalue weighted by molar-refractivity contribution is 4.81. The van der Waals surface area contributed by atoms with Gasteiger partial charge in [0.2, 0.25) is 0 Å². The maximum absolute atomic E-state index is 13.2. The van der Waals surface area contributed by atoms with Crippen LogP contribution in [-0.4, -0.2) is 12.0 Å². The lowest BCUT2D eigenvalue weighted by Crippen LogP contribution is -2.40. The van der Waals surface area contributed by atoms with Crippen molar-refractivity contribution in [3.63, 3.8) is 0 Å². The molecular formula is C10H19F2N. The molecular weight excluding hydrogens is 172 g/mol. The fourth-order valence-corrected chi connectivity index (χ4v) is 1.96. The van der Waals surface area contributed by atoms with Gasteiger partial charge in [-0.05, 0) is 12.8 Å². The molecule has 1 unspecified atom stereocenters. The van der Waals surface area contributed by atoms with Crippen LogP contribution >= 0.6 is 0 Å². The SMILES string of the molecule is CC(N)C(F)(F)CC1CCCCC1. The lowest BCUT2D eigenvalue weighted by Gasteiger charge is -2.28. The minimum atomic E-state index is -2.66. The third-order valence-electron chi connectivity index (χ3n) is 2.95. The molecule has 1 atom stereocenters. The van der Waals surface area contributed by atoms with Gasteiger partial charge in [0.1, 0.15) is 0 Å². The average Bonchev–Trinajstić information content (AvgIpc) is 2.05. The van der Waals surface area contributed by atoms with Crippen LogP contribution in [0.3, 0.4) is 0 Å². The summed E-state index contributed by atoms with van der Waals surface area (Å²) in [5.41, 5.74) is 5.24. The molecule has 1 aliphatic rings. The Morgan fingerprint density at radius 2 is 1.85 bits per heavy atom. The minimum absolute atomic E-state index is 0.00926. The Labute approximate surface area is 78.7 Å². The van der Waals surface area contributed by atoms with Crippen LogP contribution < -0.4 is 5.73 Å². The number of alkyl halides is 2. The molecule has 0 aromatic carbocycles. The predicted molar refractivity (Wildman–Crippen MR) is 49.8 cm³/mol. The van der Waals surface area contributed by atoms with E-state index in [-0.39, 0.29) is 12.3 Å². The fraction of sp³-hybridized carbons (Fsp3) is 1.00. The Balaban J connectivity index is 2.37. The molecule has 2 N–H and O–H groups in total. The number of hydrogen-bond acceptors (Lipinski definition) is 1. The predicted octanol–water partition coefficient (Wildman–Crippen LogP) is 2.94. The molecule has 0 spiro atoms. The van der Waals surface area contributed by atoms with E-state index in [0.717, 1.165) is 25.7 Å². The third kappa shape index (κ3) is 3.22. The highest BCUT2D eigenvalue weighted by Crippen LogP contribution is 2.34.